The predicted molar refractivity (Wildman–Crippen MR) is 81.8 cm³/mol. The largest absolute Gasteiger partial charge is 0.478 e. The first-order valence-electron chi connectivity index (χ1n) is 7.79. The summed E-state index contributed by atoms with van der Waals surface area (Å²) in [5.41, 5.74) is -2.42. The molecule has 1 aromatic rings. The lowest BCUT2D eigenvalue weighted by Gasteiger charge is -2.36. The maximum absolute atomic E-state index is 13.1. The van der Waals surface area contributed by atoms with Crippen LogP contribution in [0.2, 0.25) is 0 Å². The monoisotopic (exact) mass is 378 g/mol. The second kappa shape index (κ2) is 6.26. The molecule has 10 heteroatoms. The highest BCUT2D eigenvalue weighted by Crippen LogP contribution is 2.35. The topological polar surface area (TPSA) is 77.9 Å². The third-order valence-corrected chi connectivity index (χ3v) is 6.58. The van der Waals surface area contributed by atoms with E-state index in [0.717, 1.165) is 25.5 Å². The van der Waals surface area contributed by atoms with E-state index in [9.17, 15) is 26.4 Å². The van der Waals surface area contributed by atoms with E-state index in [-0.39, 0.29) is 19.1 Å². The molecule has 0 amide bonds. The van der Waals surface area contributed by atoms with Crippen molar-refractivity contribution in [2.45, 2.75) is 30.0 Å². The lowest BCUT2D eigenvalue weighted by Crippen LogP contribution is -2.51. The molecular formula is C15H17F3N2O4S. The second-order valence-electron chi connectivity index (χ2n) is 6.21. The number of benzene rings is 1. The number of nitrogens with zero attached hydrogens (tertiary/aromatic N) is 2. The summed E-state index contributed by atoms with van der Waals surface area (Å²) in [6.45, 7) is 1.90. The number of rotatable bonds is 3. The molecule has 2 aliphatic rings. The Hall–Kier alpha value is -1.65. The molecule has 1 atom stereocenters. The van der Waals surface area contributed by atoms with Crippen LogP contribution < -0.4 is 0 Å². The summed E-state index contributed by atoms with van der Waals surface area (Å²) in [6.07, 6.45) is -3.12. The highest BCUT2D eigenvalue weighted by atomic mass is 32.2. The normalized spacial score (nSPS) is 22.8. The Morgan fingerprint density at radius 3 is 2.56 bits per heavy atom. The van der Waals surface area contributed by atoms with Crippen LogP contribution in [0, 0.1) is 0 Å². The quantitative estimate of drug-likeness (QED) is 0.869. The third kappa shape index (κ3) is 3.38. The molecule has 1 N–H and O–H groups in total. The van der Waals surface area contributed by atoms with Crippen molar-refractivity contribution in [1.82, 2.24) is 9.21 Å². The molecule has 6 nitrogen and oxygen atoms in total. The molecule has 2 heterocycles. The summed E-state index contributed by atoms with van der Waals surface area (Å²) >= 11 is 0. The molecule has 0 aliphatic carbocycles. The Kier molecular flexibility index (Phi) is 4.54. The van der Waals surface area contributed by atoms with E-state index in [2.05, 4.69) is 4.90 Å². The van der Waals surface area contributed by atoms with Crippen LogP contribution in [-0.2, 0) is 16.2 Å². The molecule has 25 heavy (non-hydrogen) atoms. The van der Waals surface area contributed by atoms with E-state index in [0.29, 0.717) is 18.7 Å². The molecule has 2 aliphatic heterocycles. The number of sulfonamides is 1. The number of carbonyl (C=O) groups is 1. The van der Waals surface area contributed by atoms with Gasteiger partial charge in [0.05, 0.1) is 16.0 Å². The first-order chi connectivity index (χ1) is 11.6. The molecule has 1 unspecified atom stereocenters. The molecule has 2 saturated heterocycles. The van der Waals surface area contributed by atoms with Gasteiger partial charge in [-0.25, -0.2) is 13.2 Å². The zero-order valence-electron chi connectivity index (χ0n) is 13.2. The van der Waals surface area contributed by atoms with E-state index in [1.807, 2.05) is 0 Å². The van der Waals surface area contributed by atoms with Gasteiger partial charge in [0.1, 0.15) is 0 Å². The summed E-state index contributed by atoms with van der Waals surface area (Å²) in [5, 5.41) is 8.91. The van der Waals surface area contributed by atoms with Gasteiger partial charge in [0, 0.05) is 25.7 Å². The van der Waals surface area contributed by atoms with Crippen LogP contribution in [0.15, 0.2) is 23.1 Å². The zero-order valence-corrected chi connectivity index (χ0v) is 14.0. The van der Waals surface area contributed by atoms with Gasteiger partial charge in [0.15, 0.2) is 0 Å². The lowest BCUT2D eigenvalue weighted by molar-refractivity contribution is -0.138. The van der Waals surface area contributed by atoms with Gasteiger partial charge in [-0.15, -0.1) is 0 Å². The summed E-state index contributed by atoms with van der Waals surface area (Å²) in [6, 6.07) is 2.13. The molecule has 1 aromatic carbocycles. The number of aromatic carboxylic acids is 1. The van der Waals surface area contributed by atoms with Crippen LogP contribution >= 0.6 is 0 Å². The minimum atomic E-state index is -4.95. The predicted octanol–water partition coefficient (Wildman–Crippen LogP) is 1.87. The summed E-state index contributed by atoms with van der Waals surface area (Å²) in [7, 11) is -4.11. The fourth-order valence-electron chi connectivity index (χ4n) is 3.43. The number of carboxylic acid groups (broad SMARTS) is 1. The fourth-order valence-corrected chi connectivity index (χ4v) is 4.93. The minimum Gasteiger partial charge on any atom is -0.478 e. The van der Waals surface area contributed by atoms with Crippen LogP contribution in [-0.4, -0.2) is 60.9 Å². The number of hydrogen-bond donors (Lipinski definition) is 1. The zero-order chi connectivity index (χ0) is 18.4. The Labute approximate surface area is 142 Å². The van der Waals surface area contributed by atoms with Crippen LogP contribution in [0.25, 0.3) is 0 Å². The number of carboxylic acids is 1. The summed E-state index contributed by atoms with van der Waals surface area (Å²) < 4.78 is 66.0. The number of hydrogen-bond acceptors (Lipinski definition) is 4. The number of alkyl halides is 3. The van der Waals surface area contributed by atoms with Gasteiger partial charge in [-0.05, 0) is 37.6 Å². The van der Waals surface area contributed by atoms with E-state index in [1.165, 1.54) is 4.31 Å². The maximum atomic E-state index is 13.1. The van der Waals surface area contributed by atoms with Crippen LogP contribution in [0.3, 0.4) is 0 Å². The average Bonchev–Trinajstić information content (AvgIpc) is 3.00. The fraction of sp³-hybridized carbons (Fsp3) is 0.533. The van der Waals surface area contributed by atoms with Gasteiger partial charge < -0.3 is 5.11 Å². The molecule has 0 radical (unpaired) electrons. The lowest BCUT2D eigenvalue weighted by atomic mass is 10.1. The number of halogens is 3. The molecule has 0 saturated carbocycles. The van der Waals surface area contributed by atoms with Crippen molar-refractivity contribution in [3.8, 4) is 0 Å². The first kappa shape index (κ1) is 18.2. The molecule has 0 spiro atoms. The molecule has 2 fully saturated rings. The number of piperazine rings is 1. The van der Waals surface area contributed by atoms with Crippen molar-refractivity contribution >= 4 is 16.0 Å². The highest BCUT2D eigenvalue weighted by molar-refractivity contribution is 7.89. The maximum Gasteiger partial charge on any atom is 0.417 e. The van der Waals surface area contributed by atoms with E-state index >= 15 is 0 Å². The Balaban J connectivity index is 1.96. The van der Waals surface area contributed by atoms with Crippen LogP contribution in [0.1, 0.15) is 28.8 Å². The van der Waals surface area contributed by atoms with Crippen molar-refractivity contribution < 1.29 is 31.5 Å². The molecule has 0 bridgehead atoms. The molecule has 3 rings (SSSR count). The SMILES string of the molecule is O=C(O)c1ccc(S(=O)(=O)N2CCN3CCCC3C2)cc1C(F)(F)F. The Morgan fingerprint density at radius 1 is 1.20 bits per heavy atom. The van der Waals surface area contributed by atoms with E-state index in [4.69, 9.17) is 5.11 Å². The standard InChI is InChI=1S/C15H17F3N2O4S/c16-15(17,18)13-8-11(3-4-12(13)14(21)22)25(23,24)20-7-6-19-5-1-2-10(19)9-20/h3-4,8,10H,1-2,5-7,9H2,(H,21,22). The van der Waals surface area contributed by atoms with Gasteiger partial charge in [-0.3, -0.25) is 4.90 Å². The number of fused-ring (bicyclic) bond motifs is 1. The van der Waals surface area contributed by atoms with Crippen molar-refractivity contribution in [1.29, 1.82) is 0 Å². The van der Waals surface area contributed by atoms with E-state index < -0.39 is 38.2 Å². The highest BCUT2D eigenvalue weighted by Gasteiger charge is 2.39. The van der Waals surface area contributed by atoms with Crippen molar-refractivity contribution in [2.24, 2.45) is 0 Å². The third-order valence-electron chi connectivity index (χ3n) is 4.71. The second-order valence-corrected chi connectivity index (χ2v) is 8.14. The van der Waals surface area contributed by atoms with Crippen molar-refractivity contribution in [2.75, 3.05) is 26.2 Å². The smallest absolute Gasteiger partial charge is 0.417 e. The van der Waals surface area contributed by atoms with Crippen molar-refractivity contribution in [3.63, 3.8) is 0 Å². The van der Waals surface area contributed by atoms with Gasteiger partial charge >= 0.3 is 12.1 Å². The van der Waals surface area contributed by atoms with Gasteiger partial charge in [0.25, 0.3) is 0 Å². The summed E-state index contributed by atoms with van der Waals surface area (Å²) in [5.74, 6) is -1.75. The molecule has 138 valence electrons. The average molecular weight is 378 g/mol. The van der Waals surface area contributed by atoms with Gasteiger partial charge in [0.2, 0.25) is 10.0 Å². The summed E-state index contributed by atoms with van der Waals surface area (Å²) in [4.78, 5) is 12.6. The molecular weight excluding hydrogens is 361 g/mol. The first-order valence-corrected chi connectivity index (χ1v) is 9.23. The minimum absolute atomic E-state index is 0.0869. The Morgan fingerprint density at radius 2 is 1.92 bits per heavy atom. The van der Waals surface area contributed by atoms with Gasteiger partial charge in [-0.1, -0.05) is 0 Å². The van der Waals surface area contributed by atoms with Crippen LogP contribution in [0.5, 0.6) is 0 Å². The van der Waals surface area contributed by atoms with E-state index in [1.54, 1.807) is 0 Å². The Bertz CT molecular complexity index is 794. The van der Waals surface area contributed by atoms with Crippen molar-refractivity contribution in [3.05, 3.63) is 29.3 Å². The van der Waals surface area contributed by atoms with Gasteiger partial charge in [-0.2, -0.15) is 17.5 Å². The molecule has 0 aromatic heterocycles. The van der Waals surface area contributed by atoms with Crippen LogP contribution in [0.4, 0.5) is 13.2 Å².